The predicted molar refractivity (Wildman–Crippen MR) is 69.4 cm³/mol. The van der Waals surface area contributed by atoms with Crippen molar-refractivity contribution in [1.82, 2.24) is 10.2 Å². The van der Waals surface area contributed by atoms with Crippen molar-refractivity contribution >= 4 is 17.7 Å². The van der Waals surface area contributed by atoms with Gasteiger partial charge in [-0.1, -0.05) is 13.8 Å². The number of hydrogen-bond donors (Lipinski definition) is 1. The molecule has 0 radical (unpaired) electrons. The highest BCUT2D eigenvalue weighted by molar-refractivity contribution is 8.00. The quantitative estimate of drug-likeness (QED) is 0.720. The standard InChI is InChI=1S/C12H19N3OS/c1-9(2)11(16)15-6-4-12(5-7-15)14-10(13-3)8-17-12/h9-10,14H,4-8H2,1-2H3/t10-/m0/s1. The molecule has 0 aromatic heterocycles. The summed E-state index contributed by atoms with van der Waals surface area (Å²) < 4.78 is 0. The van der Waals surface area contributed by atoms with Gasteiger partial charge >= 0.3 is 0 Å². The first-order chi connectivity index (χ1) is 8.06. The maximum absolute atomic E-state index is 11.9. The average molecular weight is 253 g/mol. The highest BCUT2D eigenvalue weighted by atomic mass is 32.2. The average Bonchev–Trinajstić information content (AvgIpc) is 2.73. The summed E-state index contributed by atoms with van der Waals surface area (Å²) in [7, 11) is 0. The maximum atomic E-state index is 11.9. The molecule has 1 spiro atoms. The van der Waals surface area contributed by atoms with E-state index in [2.05, 4.69) is 10.2 Å². The molecule has 17 heavy (non-hydrogen) atoms. The molecule has 2 rings (SSSR count). The van der Waals surface area contributed by atoms with E-state index in [0.717, 1.165) is 31.7 Å². The molecule has 0 saturated carbocycles. The third kappa shape index (κ3) is 2.58. The van der Waals surface area contributed by atoms with Gasteiger partial charge < -0.3 is 4.90 Å². The highest BCUT2D eigenvalue weighted by Crippen LogP contribution is 2.39. The molecular formula is C12H19N3OS. The number of piperidine rings is 1. The summed E-state index contributed by atoms with van der Waals surface area (Å²) in [5.41, 5.74) is 0. The Morgan fingerprint density at radius 2 is 2.18 bits per heavy atom. The van der Waals surface area contributed by atoms with Crippen molar-refractivity contribution in [3.8, 4) is 0 Å². The lowest BCUT2D eigenvalue weighted by Crippen LogP contribution is -2.51. The molecule has 1 atom stereocenters. The fourth-order valence-corrected chi connectivity index (χ4v) is 3.76. The van der Waals surface area contributed by atoms with Gasteiger partial charge in [-0.15, -0.1) is 11.8 Å². The van der Waals surface area contributed by atoms with E-state index in [0.29, 0.717) is 0 Å². The van der Waals surface area contributed by atoms with E-state index in [-0.39, 0.29) is 22.9 Å². The van der Waals surface area contributed by atoms with Crippen molar-refractivity contribution in [3.05, 3.63) is 11.4 Å². The van der Waals surface area contributed by atoms with E-state index in [4.69, 9.17) is 6.57 Å². The van der Waals surface area contributed by atoms with E-state index in [1.54, 1.807) is 0 Å². The molecule has 2 heterocycles. The Kier molecular flexibility index (Phi) is 3.64. The minimum absolute atomic E-state index is 0.0349. The van der Waals surface area contributed by atoms with E-state index in [1.165, 1.54) is 0 Å². The Morgan fingerprint density at radius 3 is 2.65 bits per heavy atom. The smallest absolute Gasteiger partial charge is 0.287 e. The van der Waals surface area contributed by atoms with Crippen LogP contribution in [-0.4, -0.2) is 40.7 Å². The van der Waals surface area contributed by atoms with Gasteiger partial charge in [-0.25, -0.2) is 11.9 Å². The van der Waals surface area contributed by atoms with Crippen molar-refractivity contribution < 1.29 is 4.79 Å². The summed E-state index contributed by atoms with van der Waals surface area (Å²) in [6.45, 7) is 12.6. The topological polar surface area (TPSA) is 36.7 Å². The zero-order valence-electron chi connectivity index (χ0n) is 10.4. The molecule has 2 aliphatic heterocycles. The van der Waals surface area contributed by atoms with Crippen LogP contribution in [0, 0.1) is 12.5 Å². The number of carbonyl (C=O) groups is 1. The summed E-state index contributed by atoms with van der Waals surface area (Å²) in [6.07, 6.45) is 1.89. The van der Waals surface area contributed by atoms with Crippen molar-refractivity contribution in [2.45, 2.75) is 37.7 Å². The van der Waals surface area contributed by atoms with Gasteiger partial charge in [0.25, 0.3) is 6.17 Å². The minimum atomic E-state index is -0.0349. The summed E-state index contributed by atoms with van der Waals surface area (Å²) in [5.74, 6) is 1.22. The molecule has 1 amide bonds. The highest BCUT2D eigenvalue weighted by Gasteiger charge is 2.44. The Morgan fingerprint density at radius 1 is 1.53 bits per heavy atom. The number of likely N-dealkylation sites (tertiary alicyclic amines) is 1. The lowest BCUT2D eigenvalue weighted by molar-refractivity contribution is -0.135. The van der Waals surface area contributed by atoms with E-state index in [9.17, 15) is 4.79 Å². The predicted octanol–water partition coefficient (Wildman–Crippen LogP) is 1.54. The van der Waals surface area contributed by atoms with Crippen LogP contribution in [0.25, 0.3) is 4.85 Å². The Labute approximate surface area is 107 Å². The van der Waals surface area contributed by atoms with Crippen LogP contribution in [0.5, 0.6) is 0 Å². The minimum Gasteiger partial charge on any atom is -0.342 e. The van der Waals surface area contributed by atoms with Crippen LogP contribution in [-0.2, 0) is 4.79 Å². The van der Waals surface area contributed by atoms with Crippen LogP contribution in [0.15, 0.2) is 0 Å². The Bertz CT molecular complexity index is 342. The van der Waals surface area contributed by atoms with Crippen molar-refractivity contribution in [2.24, 2.45) is 5.92 Å². The number of thioether (sulfide) groups is 1. The molecule has 2 saturated heterocycles. The van der Waals surface area contributed by atoms with Crippen molar-refractivity contribution in [3.63, 3.8) is 0 Å². The number of rotatable bonds is 1. The molecule has 0 unspecified atom stereocenters. The van der Waals surface area contributed by atoms with Crippen molar-refractivity contribution in [1.29, 1.82) is 0 Å². The fraction of sp³-hybridized carbons (Fsp3) is 0.833. The number of nitrogens with one attached hydrogen (secondary N) is 1. The first kappa shape index (κ1) is 12.7. The zero-order valence-corrected chi connectivity index (χ0v) is 11.2. The van der Waals surface area contributed by atoms with Crippen LogP contribution >= 0.6 is 11.8 Å². The van der Waals surface area contributed by atoms with Crippen molar-refractivity contribution in [2.75, 3.05) is 18.8 Å². The molecule has 0 aromatic carbocycles. The molecular weight excluding hydrogens is 234 g/mol. The van der Waals surface area contributed by atoms with Crippen LogP contribution in [0.1, 0.15) is 26.7 Å². The van der Waals surface area contributed by atoms with Gasteiger partial charge in [0.2, 0.25) is 5.91 Å². The second kappa shape index (κ2) is 4.87. The maximum Gasteiger partial charge on any atom is 0.287 e. The third-order valence-electron chi connectivity index (χ3n) is 3.48. The van der Waals surface area contributed by atoms with Gasteiger partial charge in [-0.2, -0.15) is 0 Å². The van der Waals surface area contributed by atoms with Crippen LogP contribution in [0.3, 0.4) is 0 Å². The summed E-state index contributed by atoms with van der Waals surface area (Å²) in [4.78, 5) is 17.4. The van der Waals surface area contributed by atoms with Gasteiger partial charge in [-0.3, -0.25) is 9.64 Å². The first-order valence-corrected chi connectivity index (χ1v) is 7.12. The number of nitrogens with zero attached hydrogens (tertiary/aromatic N) is 2. The molecule has 4 nitrogen and oxygen atoms in total. The van der Waals surface area contributed by atoms with Gasteiger partial charge in [0.1, 0.15) is 0 Å². The largest absolute Gasteiger partial charge is 0.342 e. The number of hydrogen-bond acceptors (Lipinski definition) is 3. The Balaban J connectivity index is 1.91. The van der Waals surface area contributed by atoms with E-state index >= 15 is 0 Å². The fourth-order valence-electron chi connectivity index (χ4n) is 2.44. The second-order valence-corrected chi connectivity index (χ2v) is 6.48. The van der Waals surface area contributed by atoms with Crippen LogP contribution in [0.4, 0.5) is 0 Å². The third-order valence-corrected chi connectivity index (χ3v) is 5.04. The van der Waals surface area contributed by atoms with Gasteiger partial charge in [0.05, 0.1) is 10.6 Å². The molecule has 0 bridgehead atoms. The number of carbonyl (C=O) groups excluding carboxylic acids is 1. The van der Waals surface area contributed by atoms with E-state index in [1.807, 2.05) is 30.5 Å². The van der Waals surface area contributed by atoms with Crippen LogP contribution in [0.2, 0.25) is 0 Å². The molecule has 2 aliphatic rings. The van der Waals surface area contributed by atoms with Gasteiger partial charge in [-0.05, 0) is 12.8 Å². The molecule has 5 heteroatoms. The molecule has 94 valence electrons. The molecule has 0 aliphatic carbocycles. The lowest BCUT2D eigenvalue weighted by Gasteiger charge is -2.38. The molecule has 0 aromatic rings. The summed E-state index contributed by atoms with van der Waals surface area (Å²) >= 11 is 1.86. The monoisotopic (exact) mass is 253 g/mol. The summed E-state index contributed by atoms with van der Waals surface area (Å²) in [5, 5.41) is 3.42. The molecule has 1 N–H and O–H groups in total. The molecule has 2 fully saturated rings. The van der Waals surface area contributed by atoms with Crippen LogP contribution < -0.4 is 5.32 Å². The SMILES string of the molecule is [C-]#[N+][C@@H]1CSC2(CCN(C(=O)C(C)C)CC2)N1. The van der Waals surface area contributed by atoms with Gasteiger partial charge in [0, 0.05) is 19.0 Å². The lowest BCUT2D eigenvalue weighted by atomic mass is 10.0. The Hall–Kier alpha value is -0.730. The summed E-state index contributed by atoms with van der Waals surface area (Å²) in [6, 6.07) is 0. The van der Waals surface area contributed by atoms with Gasteiger partial charge in [0.15, 0.2) is 0 Å². The normalized spacial score (nSPS) is 27.4. The number of amides is 1. The first-order valence-electron chi connectivity index (χ1n) is 6.13. The van der Waals surface area contributed by atoms with E-state index < -0.39 is 0 Å². The second-order valence-electron chi connectivity index (χ2n) is 5.07. The zero-order chi connectivity index (χ0) is 12.5.